The zero-order valence-corrected chi connectivity index (χ0v) is 11.0. The van der Waals surface area contributed by atoms with Crippen molar-refractivity contribution in [2.75, 3.05) is 31.1 Å². The van der Waals surface area contributed by atoms with Crippen molar-refractivity contribution >= 4 is 11.6 Å². The molecule has 0 bridgehead atoms. The quantitative estimate of drug-likeness (QED) is 0.839. The first-order chi connectivity index (χ1) is 8.58. The molecule has 18 heavy (non-hydrogen) atoms. The van der Waals surface area contributed by atoms with Gasteiger partial charge in [-0.25, -0.2) is 0 Å². The fraction of sp³-hybridized carbons (Fsp3) is 0.538. The number of nitrogens with two attached hydrogens (primary N) is 1. The lowest BCUT2D eigenvalue weighted by Gasteiger charge is -2.35. The molecule has 0 spiro atoms. The van der Waals surface area contributed by atoms with Crippen molar-refractivity contribution < 1.29 is 4.79 Å². The molecule has 0 aliphatic carbocycles. The maximum absolute atomic E-state index is 11.2. The molecule has 0 aromatic carbocycles. The molecule has 1 aliphatic heterocycles. The van der Waals surface area contributed by atoms with Crippen molar-refractivity contribution in [1.82, 2.24) is 9.88 Å². The summed E-state index contributed by atoms with van der Waals surface area (Å²) >= 11 is 0. The highest BCUT2D eigenvalue weighted by Gasteiger charge is 2.18. The number of piperazine rings is 1. The van der Waals surface area contributed by atoms with Crippen molar-refractivity contribution in [2.45, 2.75) is 19.9 Å². The van der Waals surface area contributed by atoms with Crippen molar-refractivity contribution in [1.29, 1.82) is 0 Å². The Morgan fingerprint density at radius 3 is 2.44 bits per heavy atom. The molecule has 1 aliphatic rings. The third kappa shape index (κ3) is 2.79. The number of anilines is 1. The second-order valence-corrected chi connectivity index (χ2v) is 4.72. The predicted octanol–water partition coefficient (Wildman–Crippen LogP) is 0.770. The lowest BCUT2D eigenvalue weighted by atomic mass is 10.2. The van der Waals surface area contributed by atoms with Crippen LogP contribution in [-0.2, 0) is 4.79 Å². The van der Waals surface area contributed by atoms with Crippen LogP contribution >= 0.6 is 0 Å². The van der Waals surface area contributed by atoms with Crippen LogP contribution in [0, 0.1) is 0 Å². The van der Waals surface area contributed by atoms with Crippen LogP contribution in [0.2, 0.25) is 0 Å². The molecule has 1 fully saturated rings. The van der Waals surface area contributed by atoms with E-state index in [9.17, 15) is 4.79 Å². The van der Waals surface area contributed by atoms with E-state index in [1.807, 2.05) is 24.1 Å². The maximum Gasteiger partial charge on any atom is 0.219 e. The Bertz CT molecular complexity index is 408. The molecule has 1 aromatic rings. The van der Waals surface area contributed by atoms with Gasteiger partial charge in [0, 0.05) is 39.1 Å². The number of hydrogen-bond acceptors (Lipinski definition) is 4. The Hall–Kier alpha value is -1.62. The van der Waals surface area contributed by atoms with Crippen LogP contribution in [0.15, 0.2) is 18.3 Å². The van der Waals surface area contributed by atoms with Crippen LogP contribution in [-0.4, -0.2) is 42.0 Å². The molecule has 0 radical (unpaired) electrons. The summed E-state index contributed by atoms with van der Waals surface area (Å²) in [5, 5.41) is 0. The Labute approximate surface area is 108 Å². The van der Waals surface area contributed by atoms with Crippen LogP contribution in [0.1, 0.15) is 25.6 Å². The lowest BCUT2D eigenvalue weighted by Crippen LogP contribution is -2.48. The van der Waals surface area contributed by atoms with Crippen molar-refractivity contribution in [3.05, 3.63) is 24.0 Å². The van der Waals surface area contributed by atoms with Crippen LogP contribution in [0.5, 0.6) is 0 Å². The molecule has 5 nitrogen and oxygen atoms in total. The fourth-order valence-electron chi connectivity index (χ4n) is 2.13. The van der Waals surface area contributed by atoms with Gasteiger partial charge in [0.05, 0.1) is 17.6 Å². The summed E-state index contributed by atoms with van der Waals surface area (Å²) in [6.45, 7) is 6.83. The molecule has 2 heterocycles. The van der Waals surface area contributed by atoms with E-state index >= 15 is 0 Å². The third-order valence-electron chi connectivity index (χ3n) is 3.33. The smallest absolute Gasteiger partial charge is 0.219 e. The zero-order valence-electron chi connectivity index (χ0n) is 11.0. The third-order valence-corrected chi connectivity index (χ3v) is 3.33. The highest BCUT2D eigenvalue weighted by atomic mass is 16.2. The van der Waals surface area contributed by atoms with E-state index in [0.717, 1.165) is 37.6 Å². The van der Waals surface area contributed by atoms with Crippen molar-refractivity contribution in [3.8, 4) is 0 Å². The van der Waals surface area contributed by atoms with E-state index in [1.165, 1.54) is 0 Å². The number of rotatable bonds is 2. The zero-order chi connectivity index (χ0) is 13.1. The van der Waals surface area contributed by atoms with E-state index in [4.69, 9.17) is 5.73 Å². The average molecular weight is 248 g/mol. The highest BCUT2D eigenvalue weighted by Crippen LogP contribution is 2.17. The number of carbonyl (C=O) groups is 1. The van der Waals surface area contributed by atoms with Crippen LogP contribution < -0.4 is 10.6 Å². The van der Waals surface area contributed by atoms with Gasteiger partial charge in [-0.3, -0.25) is 9.78 Å². The number of amides is 1. The largest absolute Gasteiger partial charge is 0.367 e. The second kappa shape index (κ2) is 5.35. The Kier molecular flexibility index (Phi) is 3.81. The molecule has 1 amide bonds. The minimum Gasteiger partial charge on any atom is -0.367 e. The SMILES string of the molecule is CC(=O)N1CCN(c2ccc([C@H](C)N)nc2)CC1. The second-order valence-electron chi connectivity index (χ2n) is 4.72. The minimum atomic E-state index is -0.0337. The Balaban J connectivity index is 1.99. The standard InChI is InChI=1S/C13H20N4O/c1-10(14)13-4-3-12(9-15-13)17-7-5-16(6-8-17)11(2)18/h3-4,9-10H,5-8,14H2,1-2H3/t10-/m0/s1. The molecular weight excluding hydrogens is 228 g/mol. The molecule has 5 heteroatoms. The topological polar surface area (TPSA) is 62.5 Å². The average Bonchev–Trinajstić information content (AvgIpc) is 2.39. The van der Waals surface area contributed by atoms with Gasteiger partial charge in [0.25, 0.3) is 0 Å². The van der Waals surface area contributed by atoms with Crippen molar-refractivity contribution in [3.63, 3.8) is 0 Å². The van der Waals surface area contributed by atoms with Crippen LogP contribution in [0.4, 0.5) is 5.69 Å². The first-order valence-corrected chi connectivity index (χ1v) is 6.30. The summed E-state index contributed by atoms with van der Waals surface area (Å²) in [4.78, 5) is 19.7. The lowest BCUT2D eigenvalue weighted by molar-refractivity contribution is -0.129. The van der Waals surface area contributed by atoms with Crippen molar-refractivity contribution in [2.24, 2.45) is 5.73 Å². The number of carbonyl (C=O) groups excluding carboxylic acids is 1. The number of nitrogens with zero attached hydrogens (tertiary/aromatic N) is 3. The van der Waals surface area contributed by atoms with Gasteiger partial charge in [-0.1, -0.05) is 0 Å². The van der Waals surface area contributed by atoms with E-state index in [2.05, 4.69) is 16.0 Å². The number of hydrogen-bond donors (Lipinski definition) is 1. The van der Waals surface area contributed by atoms with Crippen LogP contribution in [0.25, 0.3) is 0 Å². The van der Waals surface area contributed by atoms with Gasteiger partial charge in [0.1, 0.15) is 0 Å². The molecule has 0 saturated carbocycles. The van der Waals surface area contributed by atoms with Gasteiger partial charge >= 0.3 is 0 Å². The van der Waals surface area contributed by atoms with E-state index in [-0.39, 0.29) is 11.9 Å². The summed E-state index contributed by atoms with van der Waals surface area (Å²) in [5.41, 5.74) is 7.78. The van der Waals surface area contributed by atoms with Gasteiger partial charge in [-0.15, -0.1) is 0 Å². The summed E-state index contributed by atoms with van der Waals surface area (Å²) in [6, 6.07) is 3.99. The summed E-state index contributed by atoms with van der Waals surface area (Å²) < 4.78 is 0. The molecule has 1 atom stereocenters. The first kappa shape index (κ1) is 12.8. The van der Waals surface area contributed by atoms with Gasteiger partial charge in [-0.05, 0) is 19.1 Å². The number of aromatic nitrogens is 1. The minimum absolute atomic E-state index is 0.0337. The van der Waals surface area contributed by atoms with E-state index in [0.29, 0.717) is 0 Å². The molecular formula is C13H20N4O. The maximum atomic E-state index is 11.2. The molecule has 2 rings (SSSR count). The number of pyridine rings is 1. The molecule has 2 N–H and O–H groups in total. The Morgan fingerprint density at radius 1 is 1.33 bits per heavy atom. The van der Waals surface area contributed by atoms with Gasteiger partial charge in [0.15, 0.2) is 0 Å². The van der Waals surface area contributed by atoms with E-state index < -0.39 is 0 Å². The summed E-state index contributed by atoms with van der Waals surface area (Å²) in [7, 11) is 0. The van der Waals surface area contributed by atoms with Gasteiger partial charge in [-0.2, -0.15) is 0 Å². The molecule has 1 saturated heterocycles. The fourth-order valence-corrected chi connectivity index (χ4v) is 2.13. The molecule has 1 aromatic heterocycles. The van der Waals surface area contributed by atoms with Gasteiger partial charge in [0.2, 0.25) is 5.91 Å². The Morgan fingerprint density at radius 2 is 2.00 bits per heavy atom. The summed E-state index contributed by atoms with van der Waals surface area (Å²) in [6.07, 6.45) is 1.86. The van der Waals surface area contributed by atoms with E-state index in [1.54, 1.807) is 6.92 Å². The molecule has 0 unspecified atom stereocenters. The van der Waals surface area contributed by atoms with Crippen LogP contribution in [0.3, 0.4) is 0 Å². The summed E-state index contributed by atoms with van der Waals surface area (Å²) in [5.74, 6) is 0.153. The molecule has 98 valence electrons. The predicted molar refractivity (Wildman–Crippen MR) is 71.3 cm³/mol. The van der Waals surface area contributed by atoms with Gasteiger partial charge < -0.3 is 15.5 Å². The first-order valence-electron chi connectivity index (χ1n) is 6.30. The monoisotopic (exact) mass is 248 g/mol. The highest BCUT2D eigenvalue weighted by molar-refractivity contribution is 5.73. The normalized spacial score (nSPS) is 17.7.